The Labute approximate surface area is 144 Å². The lowest BCUT2D eigenvalue weighted by Crippen LogP contribution is -2.10. The standard InChI is InChI=1S/C19H23NO2.ClH/c1-3-4-10-17(20)16-11-12-18(21-2)19(13-16)22-14-15-8-6-5-7-9-15;/h3,5-9,11-13,17H,1,4,10,14,20H2,2H3;1H/t17-;/m1./s1. The quantitative estimate of drug-likeness (QED) is 0.714. The molecule has 2 rings (SSSR count). The lowest BCUT2D eigenvalue weighted by molar-refractivity contribution is 0.284. The fourth-order valence-electron chi connectivity index (χ4n) is 2.24. The van der Waals surface area contributed by atoms with Gasteiger partial charge in [-0.1, -0.05) is 42.5 Å². The molecule has 1 atom stereocenters. The molecular weight excluding hydrogens is 310 g/mol. The van der Waals surface area contributed by atoms with E-state index in [1.165, 1.54) is 0 Å². The van der Waals surface area contributed by atoms with Crippen molar-refractivity contribution in [2.75, 3.05) is 7.11 Å². The van der Waals surface area contributed by atoms with Crippen molar-refractivity contribution in [3.8, 4) is 11.5 Å². The van der Waals surface area contributed by atoms with Crippen molar-refractivity contribution in [1.29, 1.82) is 0 Å². The van der Waals surface area contributed by atoms with Crippen LogP contribution in [0.5, 0.6) is 11.5 Å². The Hall–Kier alpha value is -1.97. The summed E-state index contributed by atoms with van der Waals surface area (Å²) in [5.41, 5.74) is 8.37. The molecule has 124 valence electrons. The normalized spacial score (nSPS) is 11.2. The van der Waals surface area contributed by atoms with E-state index in [9.17, 15) is 0 Å². The zero-order valence-electron chi connectivity index (χ0n) is 13.4. The molecule has 0 bridgehead atoms. The van der Waals surface area contributed by atoms with Crippen molar-refractivity contribution in [3.05, 3.63) is 72.3 Å². The second-order valence-electron chi connectivity index (χ2n) is 5.16. The number of nitrogens with two attached hydrogens (primary N) is 1. The lowest BCUT2D eigenvalue weighted by atomic mass is 10.0. The van der Waals surface area contributed by atoms with E-state index >= 15 is 0 Å². The maximum absolute atomic E-state index is 6.20. The van der Waals surface area contributed by atoms with Gasteiger partial charge < -0.3 is 15.2 Å². The highest BCUT2D eigenvalue weighted by molar-refractivity contribution is 5.85. The summed E-state index contributed by atoms with van der Waals surface area (Å²) in [6, 6.07) is 15.9. The van der Waals surface area contributed by atoms with Gasteiger partial charge in [0.05, 0.1) is 7.11 Å². The number of ether oxygens (including phenoxy) is 2. The van der Waals surface area contributed by atoms with Gasteiger partial charge >= 0.3 is 0 Å². The first kappa shape index (κ1) is 19.1. The Morgan fingerprint density at radius 3 is 2.52 bits per heavy atom. The minimum absolute atomic E-state index is 0. The van der Waals surface area contributed by atoms with Crippen LogP contribution in [0.3, 0.4) is 0 Å². The van der Waals surface area contributed by atoms with Crippen molar-refractivity contribution < 1.29 is 9.47 Å². The summed E-state index contributed by atoms with van der Waals surface area (Å²) >= 11 is 0. The highest BCUT2D eigenvalue weighted by Gasteiger charge is 2.11. The van der Waals surface area contributed by atoms with E-state index in [4.69, 9.17) is 15.2 Å². The Morgan fingerprint density at radius 2 is 1.87 bits per heavy atom. The van der Waals surface area contributed by atoms with Crippen molar-refractivity contribution in [2.24, 2.45) is 5.73 Å². The summed E-state index contributed by atoms with van der Waals surface area (Å²) in [7, 11) is 1.64. The van der Waals surface area contributed by atoms with Crippen LogP contribution in [0.1, 0.15) is 30.0 Å². The van der Waals surface area contributed by atoms with Crippen molar-refractivity contribution in [2.45, 2.75) is 25.5 Å². The first-order valence-electron chi connectivity index (χ1n) is 7.45. The second-order valence-corrected chi connectivity index (χ2v) is 5.16. The van der Waals surface area contributed by atoms with Gasteiger partial charge in [0.1, 0.15) is 6.61 Å². The van der Waals surface area contributed by atoms with E-state index in [0.29, 0.717) is 6.61 Å². The van der Waals surface area contributed by atoms with E-state index in [1.54, 1.807) is 7.11 Å². The van der Waals surface area contributed by atoms with Crippen LogP contribution >= 0.6 is 12.4 Å². The first-order valence-corrected chi connectivity index (χ1v) is 7.45. The summed E-state index contributed by atoms with van der Waals surface area (Å²) in [4.78, 5) is 0. The van der Waals surface area contributed by atoms with Crippen molar-refractivity contribution in [3.63, 3.8) is 0 Å². The largest absolute Gasteiger partial charge is 0.493 e. The molecule has 0 saturated carbocycles. The predicted octanol–water partition coefficient (Wildman–Crippen LogP) is 4.66. The van der Waals surface area contributed by atoms with Gasteiger partial charge in [0.25, 0.3) is 0 Å². The maximum atomic E-state index is 6.20. The number of halogens is 1. The fraction of sp³-hybridized carbons (Fsp3) is 0.263. The molecule has 0 aromatic heterocycles. The van der Waals surface area contributed by atoms with Crippen LogP contribution in [0.15, 0.2) is 61.2 Å². The lowest BCUT2D eigenvalue weighted by Gasteiger charge is -2.16. The Kier molecular flexibility index (Phi) is 8.23. The van der Waals surface area contributed by atoms with Gasteiger partial charge in [0.15, 0.2) is 11.5 Å². The SMILES string of the molecule is C=CCC[C@@H](N)c1ccc(OC)c(OCc2ccccc2)c1.Cl. The Balaban J connectivity index is 0.00000264. The summed E-state index contributed by atoms with van der Waals surface area (Å²) in [6.07, 6.45) is 3.65. The minimum Gasteiger partial charge on any atom is -0.493 e. The number of hydrogen-bond donors (Lipinski definition) is 1. The van der Waals surface area contributed by atoms with E-state index in [0.717, 1.165) is 35.5 Å². The first-order chi connectivity index (χ1) is 10.7. The summed E-state index contributed by atoms with van der Waals surface area (Å²) in [5.74, 6) is 1.44. The van der Waals surface area contributed by atoms with Gasteiger partial charge in [-0.2, -0.15) is 0 Å². The summed E-state index contributed by atoms with van der Waals surface area (Å²) < 4.78 is 11.3. The monoisotopic (exact) mass is 333 g/mol. The third-order valence-corrected chi connectivity index (χ3v) is 3.53. The van der Waals surface area contributed by atoms with Crippen molar-refractivity contribution >= 4 is 12.4 Å². The van der Waals surface area contributed by atoms with Gasteiger partial charge in [-0.15, -0.1) is 19.0 Å². The number of hydrogen-bond acceptors (Lipinski definition) is 3. The van der Waals surface area contributed by atoms with Crippen LogP contribution in [0.4, 0.5) is 0 Å². The highest BCUT2D eigenvalue weighted by atomic mass is 35.5. The zero-order valence-corrected chi connectivity index (χ0v) is 14.2. The molecule has 4 heteroatoms. The van der Waals surface area contributed by atoms with E-state index in [1.807, 2.05) is 54.6 Å². The number of allylic oxidation sites excluding steroid dienone is 1. The van der Waals surface area contributed by atoms with Crippen LogP contribution in [0, 0.1) is 0 Å². The Morgan fingerprint density at radius 1 is 1.13 bits per heavy atom. The molecule has 2 N–H and O–H groups in total. The van der Waals surface area contributed by atoms with Crippen LogP contribution in [-0.4, -0.2) is 7.11 Å². The molecular formula is C19H24ClNO2. The molecule has 0 saturated heterocycles. The van der Waals surface area contributed by atoms with Crippen LogP contribution in [0.2, 0.25) is 0 Å². The smallest absolute Gasteiger partial charge is 0.161 e. The number of rotatable bonds is 8. The predicted molar refractivity (Wildman–Crippen MR) is 97.4 cm³/mol. The molecule has 0 heterocycles. The molecule has 0 spiro atoms. The molecule has 0 aliphatic carbocycles. The van der Waals surface area contributed by atoms with E-state index in [2.05, 4.69) is 6.58 Å². The molecule has 0 aliphatic heterocycles. The molecule has 23 heavy (non-hydrogen) atoms. The topological polar surface area (TPSA) is 44.5 Å². The third kappa shape index (κ3) is 5.62. The van der Waals surface area contributed by atoms with Gasteiger partial charge in [0, 0.05) is 6.04 Å². The molecule has 3 nitrogen and oxygen atoms in total. The molecule has 2 aromatic rings. The average molecular weight is 334 g/mol. The van der Waals surface area contributed by atoms with E-state index < -0.39 is 0 Å². The number of methoxy groups -OCH3 is 1. The van der Waals surface area contributed by atoms with Crippen LogP contribution in [-0.2, 0) is 6.61 Å². The molecule has 0 aliphatic rings. The molecule has 0 unspecified atom stereocenters. The van der Waals surface area contributed by atoms with Crippen LogP contribution < -0.4 is 15.2 Å². The van der Waals surface area contributed by atoms with Gasteiger partial charge in [-0.05, 0) is 36.1 Å². The van der Waals surface area contributed by atoms with Gasteiger partial charge in [0.2, 0.25) is 0 Å². The zero-order chi connectivity index (χ0) is 15.8. The summed E-state index contributed by atoms with van der Waals surface area (Å²) in [5, 5.41) is 0. The minimum atomic E-state index is -0.0250. The summed E-state index contributed by atoms with van der Waals surface area (Å²) in [6.45, 7) is 4.24. The van der Waals surface area contributed by atoms with Gasteiger partial charge in [-0.25, -0.2) is 0 Å². The van der Waals surface area contributed by atoms with E-state index in [-0.39, 0.29) is 18.4 Å². The fourth-order valence-corrected chi connectivity index (χ4v) is 2.24. The average Bonchev–Trinajstić information content (AvgIpc) is 2.58. The Bertz CT molecular complexity index is 602. The van der Waals surface area contributed by atoms with Crippen molar-refractivity contribution in [1.82, 2.24) is 0 Å². The van der Waals surface area contributed by atoms with Crippen LogP contribution in [0.25, 0.3) is 0 Å². The number of benzene rings is 2. The molecule has 0 amide bonds. The maximum Gasteiger partial charge on any atom is 0.161 e. The molecule has 0 radical (unpaired) electrons. The molecule has 2 aromatic carbocycles. The highest BCUT2D eigenvalue weighted by Crippen LogP contribution is 2.31. The third-order valence-electron chi connectivity index (χ3n) is 3.53. The second kappa shape index (κ2) is 9.93. The molecule has 0 fully saturated rings. The van der Waals surface area contributed by atoms with Gasteiger partial charge in [-0.3, -0.25) is 0 Å².